The fourth-order valence-electron chi connectivity index (χ4n) is 1.25. The maximum Gasteiger partial charge on any atom is 0.277 e. The second-order valence-electron chi connectivity index (χ2n) is 3.65. The van der Waals surface area contributed by atoms with Gasteiger partial charge in [0.15, 0.2) is 12.4 Å². The Morgan fingerprint density at radius 1 is 1.62 bits per heavy atom. The molecule has 86 valence electrons. The van der Waals surface area contributed by atoms with Gasteiger partial charge in [-0.1, -0.05) is 13.3 Å². The standard InChI is InChI=1S/C12H17N3O/c1-3-4-5-8-13-14-12(16)11-7-6-9-15(2)10-11/h6-10H,3-5H2,1-2H3/p+1/b13-8+. The van der Waals surface area contributed by atoms with Crippen molar-refractivity contribution in [3.63, 3.8) is 0 Å². The summed E-state index contributed by atoms with van der Waals surface area (Å²) in [6.07, 6.45) is 8.51. The van der Waals surface area contributed by atoms with Crippen molar-refractivity contribution in [2.45, 2.75) is 26.2 Å². The van der Waals surface area contributed by atoms with Crippen molar-refractivity contribution in [3.8, 4) is 0 Å². The molecule has 4 nitrogen and oxygen atoms in total. The zero-order valence-electron chi connectivity index (χ0n) is 9.81. The molecule has 16 heavy (non-hydrogen) atoms. The highest BCUT2D eigenvalue weighted by molar-refractivity contribution is 5.93. The average molecular weight is 220 g/mol. The zero-order chi connectivity index (χ0) is 11.8. The summed E-state index contributed by atoms with van der Waals surface area (Å²) in [5, 5.41) is 3.88. The van der Waals surface area contributed by atoms with Crippen LogP contribution in [0.25, 0.3) is 0 Å². The normalized spacial score (nSPS) is 10.6. The Morgan fingerprint density at radius 2 is 2.44 bits per heavy atom. The van der Waals surface area contributed by atoms with Gasteiger partial charge in [0.1, 0.15) is 12.6 Å². The smallest absolute Gasteiger partial charge is 0.267 e. The van der Waals surface area contributed by atoms with Crippen molar-refractivity contribution in [2.75, 3.05) is 0 Å². The van der Waals surface area contributed by atoms with Gasteiger partial charge in [0, 0.05) is 12.3 Å². The molecule has 1 aromatic heterocycles. The van der Waals surface area contributed by atoms with Gasteiger partial charge >= 0.3 is 0 Å². The molecule has 1 N–H and O–H groups in total. The Morgan fingerprint density at radius 3 is 3.12 bits per heavy atom. The Labute approximate surface area is 96.0 Å². The molecule has 0 spiro atoms. The summed E-state index contributed by atoms with van der Waals surface area (Å²) < 4.78 is 1.83. The first-order chi connectivity index (χ1) is 7.74. The lowest BCUT2D eigenvalue weighted by Gasteiger charge is -1.97. The number of hydrogen-bond acceptors (Lipinski definition) is 2. The number of pyridine rings is 1. The van der Waals surface area contributed by atoms with Gasteiger partial charge in [-0.3, -0.25) is 4.79 Å². The van der Waals surface area contributed by atoms with Crippen LogP contribution in [-0.2, 0) is 7.05 Å². The first kappa shape index (κ1) is 12.4. The topological polar surface area (TPSA) is 45.3 Å². The molecule has 0 bridgehead atoms. The van der Waals surface area contributed by atoms with Crippen LogP contribution in [0.1, 0.15) is 36.5 Å². The van der Waals surface area contributed by atoms with Crippen molar-refractivity contribution in [1.29, 1.82) is 0 Å². The minimum Gasteiger partial charge on any atom is -0.267 e. The third-order valence-electron chi connectivity index (χ3n) is 2.15. The molecule has 0 aliphatic carbocycles. The number of carbonyl (C=O) groups excluding carboxylic acids is 1. The molecule has 1 aromatic rings. The van der Waals surface area contributed by atoms with Crippen molar-refractivity contribution < 1.29 is 9.36 Å². The van der Waals surface area contributed by atoms with E-state index in [2.05, 4.69) is 17.5 Å². The number of hydrogen-bond donors (Lipinski definition) is 1. The number of nitrogens with one attached hydrogen (secondary N) is 1. The first-order valence-electron chi connectivity index (χ1n) is 5.51. The van der Waals surface area contributed by atoms with E-state index in [-0.39, 0.29) is 5.91 Å². The molecule has 0 fully saturated rings. The van der Waals surface area contributed by atoms with Crippen LogP contribution in [0.2, 0.25) is 0 Å². The Kier molecular flexibility index (Phi) is 5.19. The fraction of sp³-hybridized carbons (Fsp3) is 0.417. The summed E-state index contributed by atoms with van der Waals surface area (Å²) in [4.78, 5) is 11.6. The van der Waals surface area contributed by atoms with E-state index in [0.717, 1.165) is 19.3 Å². The molecule has 4 heteroatoms. The third kappa shape index (κ3) is 4.21. The van der Waals surface area contributed by atoms with E-state index in [1.807, 2.05) is 23.9 Å². The predicted molar refractivity (Wildman–Crippen MR) is 63.1 cm³/mol. The van der Waals surface area contributed by atoms with Gasteiger partial charge in [0.2, 0.25) is 0 Å². The van der Waals surface area contributed by atoms with Crippen LogP contribution in [0.5, 0.6) is 0 Å². The maximum absolute atomic E-state index is 11.6. The fourth-order valence-corrected chi connectivity index (χ4v) is 1.25. The number of rotatable bonds is 5. The van der Waals surface area contributed by atoms with E-state index < -0.39 is 0 Å². The minimum absolute atomic E-state index is 0.177. The molecule has 0 aliphatic heterocycles. The monoisotopic (exact) mass is 220 g/mol. The van der Waals surface area contributed by atoms with Crippen LogP contribution >= 0.6 is 0 Å². The average Bonchev–Trinajstić information content (AvgIpc) is 2.28. The molecular weight excluding hydrogens is 202 g/mol. The molecule has 0 atom stereocenters. The van der Waals surface area contributed by atoms with Crippen LogP contribution in [-0.4, -0.2) is 12.1 Å². The maximum atomic E-state index is 11.6. The molecular formula is C12H18N3O+. The van der Waals surface area contributed by atoms with Crippen LogP contribution < -0.4 is 9.99 Å². The van der Waals surface area contributed by atoms with E-state index in [1.54, 1.807) is 18.5 Å². The van der Waals surface area contributed by atoms with Crippen molar-refractivity contribution in [3.05, 3.63) is 30.1 Å². The number of carbonyl (C=O) groups is 1. The summed E-state index contributed by atoms with van der Waals surface area (Å²) >= 11 is 0. The summed E-state index contributed by atoms with van der Waals surface area (Å²) in [6.45, 7) is 2.12. The Bertz CT molecular complexity index is 374. The summed E-state index contributed by atoms with van der Waals surface area (Å²) in [5.41, 5.74) is 3.11. The summed E-state index contributed by atoms with van der Waals surface area (Å²) in [7, 11) is 1.88. The van der Waals surface area contributed by atoms with Gasteiger partial charge < -0.3 is 0 Å². The lowest BCUT2D eigenvalue weighted by atomic mass is 10.3. The second kappa shape index (κ2) is 6.71. The lowest BCUT2D eigenvalue weighted by molar-refractivity contribution is -0.671. The molecule has 1 heterocycles. The number of amides is 1. The van der Waals surface area contributed by atoms with Crippen LogP contribution in [0.3, 0.4) is 0 Å². The van der Waals surface area contributed by atoms with Gasteiger partial charge in [-0.15, -0.1) is 0 Å². The predicted octanol–water partition coefficient (Wildman–Crippen LogP) is 1.42. The number of nitrogens with zero attached hydrogens (tertiary/aromatic N) is 2. The highest BCUT2D eigenvalue weighted by Gasteiger charge is 2.06. The molecule has 0 saturated heterocycles. The highest BCUT2D eigenvalue weighted by atomic mass is 16.2. The number of unbranched alkanes of at least 4 members (excludes halogenated alkanes) is 2. The molecule has 0 radical (unpaired) electrons. The SMILES string of the molecule is CCCC/C=N/NC(=O)c1ccc[n+](C)c1. The Hall–Kier alpha value is -1.71. The molecule has 0 unspecified atom stereocenters. The van der Waals surface area contributed by atoms with E-state index in [9.17, 15) is 4.79 Å². The molecule has 1 amide bonds. The number of aryl methyl sites for hydroxylation is 1. The van der Waals surface area contributed by atoms with Gasteiger partial charge in [-0.25, -0.2) is 9.99 Å². The van der Waals surface area contributed by atoms with Crippen molar-refractivity contribution in [1.82, 2.24) is 5.43 Å². The lowest BCUT2D eigenvalue weighted by Crippen LogP contribution is -2.29. The van der Waals surface area contributed by atoms with E-state index in [0.29, 0.717) is 5.56 Å². The van der Waals surface area contributed by atoms with Crippen LogP contribution in [0.15, 0.2) is 29.6 Å². The van der Waals surface area contributed by atoms with Gasteiger partial charge in [-0.05, 0) is 18.9 Å². The quantitative estimate of drug-likeness (QED) is 0.347. The molecule has 0 saturated carbocycles. The van der Waals surface area contributed by atoms with Crippen molar-refractivity contribution in [2.24, 2.45) is 12.1 Å². The molecule has 0 aliphatic rings. The first-order valence-corrected chi connectivity index (χ1v) is 5.51. The van der Waals surface area contributed by atoms with E-state index in [1.165, 1.54) is 0 Å². The van der Waals surface area contributed by atoms with Crippen LogP contribution in [0, 0.1) is 0 Å². The summed E-state index contributed by atoms with van der Waals surface area (Å²) in [6, 6.07) is 3.59. The second-order valence-corrected chi connectivity index (χ2v) is 3.65. The molecule has 1 rings (SSSR count). The van der Waals surface area contributed by atoms with Gasteiger partial charge in [-0.2, -0.15) is 5.10 Å². The third-order valence-corrected chi connectivity index (χ3v) is 2.15. The minimum atomic E-state index is -0.177. The number of hydrazone groups is 1. The summed E-state index contributed by atoms with van der Waals surface area (Å²) in [5.74, 6) is -0.177. The van der Waals surface area contributed by atoms with Crippen molar-refractivity contribution >= 4 is 12.1 Å². The Balaban J connectivity index is 2.44. The largest absolute Gasteiger partial charge is 0.277 e. The number of aromatic nitrogens is 1. The van der Waals surface area contributed by atoms with Gasteiger partial charge in [0.25, 0.3) is 5.91 Å². The van der Waals surface area contributed by atoms with Crippen LogP contribution in [0.4, 0.5) is 0 Å². The van der Waals surface area contributed by atoms with E-state index >= 15 is 0 Å². The molecule has 0 aromatic carbocycles. The van der Waals surface area contributed by atoms with E-state index in [4.69, 9.17) is 0 Å². The highest BCUT2D eigenvalue weighted by Crippen LogP contribution is 1.94. The zero-order valence-corrected chi connectivity index (χ0v) is 9.81. The van der Waals surface area contributed by atoms with Gasteiger partial charge in [0.05, 0.1) is 0 Å².